The van der Waals surface area contributed by atoms with Crippen LogP contribution in [-0.2, 0) is 11.3 Å². The van der Waals surface area contributed by atoms with Gasteiger partial charge in [0.15, 0.2) is 5.84 Å². The predicted octanol–water partition coefficient (Wildman–Crippen LogP) is 1.53. The van der Waals surface area contributed by atoms with Gasteiger partial charge < -0.3 is 15.7 Å². The standard InChI is InChI=1S/C14H20FN3O2/c1-20-7-6-18(12-4-5-12)9-10-2-3-11(15)8-13(10)14(16)17-19/h2-3,8,12,19H,4-7,9H2,1H3,(H2,16,17). The molecule has 0 radical (unpaired) electrons. The molecule has 0 amide bonds. The molecule has 110 valence electrons. The largest absolute Gasteiger partial charge is 0.409 e. The number of amidine groups is 1. The van der Waals surface area contributed by atoms with Gasteiger partial charge in [-0.1, -0.05) is 11.2 Å². The molecule has 1 fully saturated rings. The van der Waals surface area contributed by atoms with Crippen molar-refractivity contribution in [3.63, 3.8) is 0 Å². The number of methoxy groups -OCH3 is 1. The summed E-state index contributed by atoms with van der Waals surface area (Å²) in [4.78, 5) is 2.28. The van der Waals surface area contributed by atoms with E-state index in [9.17, 15) is 4.39 Å². The molecule has 0 aromatic heterocycles. The van der Waals surface area contributed by atoms with E-state index in [1.165, 1.54) is 25.0 Å². The van der Waals surface area contributed by atoms with E-state index in [0.29, 0.717) is 24.8 Å². The van der Waals surface area contributed by atoms with Crippen LogP contribution < -0.4 is 5.73 Å². The van der Waals surface area contributed by atoms with Gasteiger partial charge in [0.25, 0.3) is 0 Å². The Morgan fingerprint density at radius 1 is 1.55 bits per heavy atom. The zero-order chi connectivity index (χ0) is 14.5. The van der Waals surface area contributed by atoms with Crippen LogP contribution in [0.5, 0.6) is 0 Å². The molecule has 1 aromatic rings. The fraction of sp³-hybridized carbons (Fsp3) is 0.500. The average molecular weight is 281 g/mol. The first-order chi connectivity index (χ1) is 9.65. The highest BCUT2D eigenvalue weighted by Crippen LogP contribution is 2.28. The molecule has 0 spiro atoms. The molecule has 0 atom stereocenters. The number of benzene rings is 1. The Bertz CT molecular complexity index is 489. The first-order valence-electron chi connectivity index (χ1n) is 6.65. The normalized spacial score (nSPS) is 15.8. The second kappa shape index (κ2) is 6.67. The Hall–Kier alpha value is -1.66. The van der Waals surface area contributed by atoms with Crippen LogP contribution in [0.2, 0.25) is 0 Å². The number of hydrogen-bond donors (Lipinski definition) is 2. The topological polar surface area (TPSA) is 71.1 Å². The Morgan fingerprint density at radius 2 is 2.30 bits per heavy atom. The highest BCUT2D eigenvalue weighted by Gasteiger charge is 2.29. The lowest BCUT2D eigenvalue weighted by Crippen LogP contribution is -2.30. The van der Waals surface area contributed by atoms with Crippen molar-refractivity contribution in [3.8, 4) is 0 Å². The Balaban J connectivity index is 2.18. The van der Waals surface area contributed by atoms with Gasteiger partial charge in [0.05, 0.1) is 6.61 Å². The summed E-state index contributed by atoms with van der Waals surface area (Å²) in [6.07, 6.45) is 2.34. The highest BCUT2D eigenvalue weighted by molar-refractivity contribution is 5.98. The minimum Gasteiger partial charge on any atom is -0.409 e. The first-order valence-corrected chi connectivity index (χ1v) is 6.65. The molecule has 0 saturated heterocycles. The van der Waals surface area contributed by atoms with Crippen molar-refractivity contribution < 1.29 is 14.3 Å². The number of nitrogens with two attached hydrogens (primary N) is 1. The SMILES string of the molecule is COCCN(Cc1ccc(F)cc1C(N)=NO)C1CC1. The summed E-state index contributed by atoms with van der Waals surface area (Å²) in [5, 5.41) is 11.8. The molecule has 2 rings (SSSR count). The maximum Gasteiger partial charge on any atom is 0.170 e. The van der Waals surface area contributed by atoms with Gasteiger partial charge in [0, 0.05) is 31.8 Å². The molecule has 1 aliphatic rings. The Morgan fingerprint density at radius 3 is 2.90 bits per heavy atom. The van der Waals surface area contributed by atoms with Crippen LogP contribution in [0.3, 0.4) is 0 Å². The fourth-order valence-electron chi connectivity index (χ4n) is 2.24. The molecule has 1 aromatic carbocycles. The van der Waals surface area contributed by atoms with Crippen molar-refractivity contribution in [3.05, 3.63) is 35.1 Å². The summed E-state index contributed by atoms with van der Waals surface area (Å²) >= 11 is 0. The quantitative estimate of drug-likeness (QED) is 0.344. The summed E-state index contributed by atoms with van der Waals surface area (Å²) < 4.78 is 18.4. The number of ether oxygens (including phenoxy) is 1. The molecule has 0 unspecified atom stereocenters. The van der Waals surface area contributed by atoms with E-state index < -0.39 is 5.82 Å². The van der Waals surface area contributed by atoms with Gasteiger partial charge >= 0.3 is 0 Å². The van der Waals surface area contributed by atoms with Crippen LogP contribution in [-0.4, -0.2) is 42.2 Å². The maximum atomic E-state index is 13.3. The van der Waals surface area contributed by atoms with Crippen molar-refractivity contribution in [1.82, 2.24) is 4.90 Å². The van der Waals surface area contributed by atoms with Crippen LogP contribution >= 0.6 is 0 Å². The zero-order valence-corrected chi connectivity index (χ0v) is 11.6. The third-order valence-electron chi connectivity index (χ3n) is 3.47. The molecule has 1 saturated carbocycles. The molecule has 1 aliphatic carbocycles. The second-order valence-electron chi connectivity index (χ2n) is 4.98. The lowest BCUT2D eigenvalue weighted by molar-refractivity contribution is 0.139. The van der Waals surface area contributed by atoms with Crippen LogP contribution in [0.4, 0.5) is 4.39 Å². The molecule has 6 heteroatoms. The summed E-state index contributed by atoms with van der Waals surface area (Å²) in [5.74, 6) is -0.466. The van der Waals surface area contributed by atoms with E-state index in [1.54, 1.807) is 13.2 Å². The van der Waals surface area contributed by atoms with Crippen molar-refractivity contribution in [2.75, 3.05) is 20.3 Å². The van der Waals surface area contributed by atoms with Gasteiger partial charge in [-0.2, -0.15) is 0 Å². The molecule has 5 nitrogen and oxygen atoms in total. The van der Waals surface area contributed by atoms with E-state index in [1.807, 2.05) is 0 Å². The zero-order valence-electron chi connectivity index (χ0n) is 11.6. The van der Waals surface area contributed by atoms with E-state index in [-0.39, 0.29) is 5.84 Å². The summed E-state index contributed by atoms with van der Waals surface area (Å²) in [6.45, 7) is 2.10. The number of nitrogens with zero attached hydrogens (tertiary/aromatic N) is 2. The fourth-order valence-corrected chi connectivity index (χ4v) is 2.24. The number of rotatable bonds is 7. The Kier molecular flexibility index (Phi) is 4.92. The van der Waals surface area contributed by atoms with Gasteiger partial charge in [-0.05, 0) is 30.5 Å². The third kappa shape index (κ3) is 3.68. The summed E-state index contributed by atoms with van der Waals surface area (Å²) in [7, 11) is 1.67. The molecular weight excluding hydrogens is 261 g/mol. The molecule has 0 heterocycles. The molecule has 3 N–H and O–H groups in total. The number of oxime groups is 1. The minimum atomic E-state index is -0.398. The smallest absolute Gasteiger partial charge is 0.170 e. The summed E-state index contributed by atoms with van der Waals surface area (Å²) in [5.41, 5.74) is 6.91. The van der Waals surface area contributed by atoms with Crippen LogP contribution in [0.25, 0.3) is 0 Å². The van der Waals surface area contributed by atoms with E-state index >= 15 is 0 Å². The van der Waals surface area contributed by atoms with Crippen molar-refractivity contribution in [2.45, 2.75) is 25.4 Å². The monoisotopic (exact) mass is 281 g/mol. The average Bonchev–Trinajstić information content (AvgIpc) is 3.28. The number of halogens is 1. The van der Waals surface area contributed by atoms with E-state index in [2.05, 4.69) is 10.1 Å². The van der Waals surface area contributed by atoms with Crippen molar-refractivity contribution in [1.29, 1.82) is 0 Å². The molecule has 20 heavy (non-hydrogen) atoms. The third-order valence-corrected chi connectivity index (χ3v) is 3.47. The van der Waals surface area contributed by atoms with E-state index in [0.717, 1.165) is 12.1 Å². The van der Waals surface area contributed by atoms with Gasteiger partial charge in [-0.25, -0.2) is 4.39 Å². The lowest BCUT2D eigenvalue weighted by Gasteiger charge is -2.23. The molecule has 0 bridgehead atoms. The predicted molar refractivity (Wildman–Crippen MR) is 74.2 cm³/mol. The van der Waals surface area contributed by atoms with Crippen molar-refractivity contribution >= 4 is 5.84 Å². The lowest BCUT2D eigenvalue weighted by atomic mass is 10.1. The Labute approximate surface area is 117 Å². The van der Waals surface area contributed by atoms with Gasteiger partial charge in [0.1, 0.15) is 5.82 Å². The van der Waals surface area contributed by atoms with Crippen LogP contribution in [0, 0.1) is 5.82 Å². The number of hydrogen-bond acceptors (Lipinski definition) is 4. The molecule has 0 aliphatic heterocycles. The highest BCUT2D eigenvalue weighted by atomic mass is 19.1. The van der Waals surface area contributed by atoms with Crippen molar-refractivity contribution in [2.24, 2.45) is 10.9 Å². The van der Waals surface area contributed by atoms with Crippen LogP contribution in [0.1, 0.15) is 24.0 Å². The van der Waals surface area contributed by atoms with Gasteiger partial charge in [0.2, 0.25) is 0 Å². The minimum absolute atomic E-state index is 0.0676. The molecular formula is C14H20FN3O2. The van der Waals surface area contributed by atoms with Gasteiger partial charge in [-0.15, -0.1) is 0 Å². The summed E-state index contributed by atoms with van der Waals surface area (Å²) in [6, 6.07) is 4.93. The van der Waals surface area contributed by atoms with Gasteiger partial charge in [-0.3, -0.25) is 4.90 Å². The van der Waals surface area contributed by atoms with Crippen LogP contribution in [0.15, 0.2) is 23.4 Å². The van der Waals surface area contributed by atoms with E-state index in [4.69, 9.17) is 15.7 Å². The second-order valence-corrected chi connectivity index (χ2v) is 4.98. The maximum absolute atomic E-state index is 13.3. The first kappa shape index (κ1) is 14.7.